The van der Waals surface area contributed by atoms with Crippen molar-refractivity contribution in [2.75, 3.05) is 11.9 Å². The highest BCUT2D eigenvalue weighted by molar-refractivity contribution is 7.90. The molecule has 1 fully saturated rings. The van der Waals surface area contributed by atoms with Gasteiger partial charge in [-0.25, -0.2) is 22.4 Å². The van der Waals surface area contributed by atoms with Crippen LogP contribution in [0.25, 0.3) is 11.0 Å². The molecule has 0 amide bonds. The summed E-state index contributed by atoms with van der Waals surface area (Å²) in [5, 5.41) is 0.740. The molecule has 7 heteroatoms. The summed E-state index contributed by atoms with van der Waals surface area (Å²) in [4.78, 5) is 11.3. The van der Waals surface area contributed by atoms with Gasteiger partial charge >= 0.3 is 0 Å². The molecule has 6 nitrogen and oxygen atoms in total. The predicted octanol–water partition coefficient (Wildman–Crippen LogP) is 4.49. The van der Waals surface area contributed by atoms with Gasteiger partial charge in [-0.15, -0.1) is 0 Å². The number of aromatic nitrogens is 3. The molecule has 0 radical (unpaired) electrons. The second kappa shape index (κ2) is 7.87. The molecule has 0 bridgehead atoms. The molecule has 0 N–H and O–H groups in total. The summed E-state index contributed by atoms with van der Waals surface area (Å²) >= 11 is 0. The molecule has 4 rings (SSSR count). The Kier molecular flexibility index (Phi) is 5.40. The molecule has 1 saturated carbocycles. The van der Waals surface area contributed by atoms with Crippen LogP contribution in [0.1, 0.15) is 33.1 Å². The highest BCUT2D eigenvalue weighted by Gasteiger charge is 2.32. The van der Waals surface area contributed by atoms with Crippen molar-refractivity contribution in [2.24, 2.45) is 11.8 Å². The number of hydrogen-bond acceptors (Lipinski definition) is 5. The van der Waals surface area contributed by atoms with E-state index in [-0.39, 0.29) is 4.90 Å². The average molecular weight is 425 g/mol. The molecule has 2 aromatic heterocycles. The average Bonchev–Trinajstić information content (AvgIpc) is 3.19. The SMILES string of the molecule is C=C(C)[C@H]1CC[C@@H](C)[C@@H](N(C)c2ncnc3c2ccn3S(=O)(=O)c2ccccc2)C1. The van der Waals surface area contributed by atoms with Crippen LogP contribution in [0.15, 0.2) is 66.0 Å². The van der Waals surface area contributed by atoms with Gasteiger partial charge in [0.05, 0.1) is 10.3 Å². The van der Waals surface area contributed by atoms with Crippen LogP contribution in [-0.2, 0) is 10.0 Å². The van der Waals surface area contributed by atoms with E-state index < -0.39 is 10.0 Å². The maximum atomic E-state index is 13.1. The van der Waals surface area contributed by atoms with Crippen molar-refractivity contribution in [3.05, 3.63) is 61.1 Å². The van der Waals surface area contributed by atoms with Gasteiger partial charge < -0.3 is 4.90 Å². The highest BCUT2D eigenvalue weighted by atomic mass is 32.2. The molecule has 30 heavy (non-hydrogen) atoms. The lowest BCUT2D eigenvalue weighted by atomic mass is 9.76. The van der Waals surface area contributed by atoms with E-state index in [0.29, 0.717) is 23.5 Å². The van der Waals surface area contributed by atoms with E-state index in [1.54, 1.807) is 42.6 Å². The highest BCUT2D eigenvalue weighted by Crippen LogP contribution is 2.37. The lowest BCUT2D eigenvalue weighted by molar-refractivity contribution is 0.270. The van der Waals surface area contributed by atoms with Gasteiger partial charge in [-0.1, -0.05) is 37.3 Å². The fourth-order valence-corrected chi connectivity index (χ4v) is 5.86. The monoisotopic (exact) mass is 424 g/mol. The fraction of sp³-hybridized carbons (Fsp3) is 0.391. The molecular formula is C23H28N4O2S. The first-order valence-corrected chi connectivity index (χ1v) is 11.8. The van der Waals surface area contributed by atoms with Crippen molar-refractivity contribution in [1.29, 1.82) is 0 Å². The van der Waals surface area contributed by atoms with Crippen molar-refractivity contribution >= 4 is 26.9 Å². The molecule has 158 valence electrons. The van der Waals surface area contributed by atoms with Crippen LogP contribution in [-0.4, -0.2) is 35.4 Å². The first-order valence-electron chi connectivity index (χ1n) is 10.3. The second-order valence-electron chi connectivity index (χ2n) is 8.38. The van der Waals surface area contributed by atoms with Crippen molar-refractivity contribution in [3.63, 3.8) is 0 Å². The standard InChI is InChI=1S/C23H28N4O2S/c1-16(2)18-11-10-17(3)21(14-18)26(4)22-20-12-13-27(23(20)25-15-24-22)30(28,29)19-8-6-5-7-9-19/h5-9,12-13,15,17-18,21H,1,10-11,14H2,2-4H3/t17-,18+,21+/m1/s1. The van der Waals surface area contributed by atoms with Crippen molar-refractivity contribution in [1.82, 2.24) is 13.9 Å². The number of benzene rings is 1. The van der Waals surface area contributed by atoms with Gasteiger partial charge in [0.2, 0.25) is 0 Å². The lowest BCUT2D eigenvalue weighted by Gasteiger charge is -2.40. The Labute approximate surface area is 178 Å². The smallest absolute Gasteiger partial charge is 0.269 e. The Hall–Kier alpha value is -2.67. The van der Waals surface area contributed by atoms with Crippen LogP contribution < -0.4 is 4.90 Å². The summed E-state index contributed by atoms with van der Waals surface area (Å²) in [5.74, 6) is 1.79. The van der Waals surface area contributed by atoms with E-state index in [9.17, 15) is 8.42 Å². The molecule has 2 heterocycles. The number of rotatable bonds is 5. The predicted molar refractivity (Wildman–Crippen MR) is 120 cm³/mol. The summed E-state index contributed by atoms with van der Waals surface area (Å²) in [6.45, 7) is 8.55. The van der Waals surface area contributed by atoms with Gasteiger partial charge in [0, 0.05) is 19.3 Å². The molecule has 0 unspecified atom stereocenters. The van der Waals surface area contributed by atoms with E-state index in [4.69, 9.17) is 0 Å². The molecule has 0 saturated heterocycles. The Morgan fingerprint density at radius 1 is 1.17 bits per heavy atom. The molecule has 1 aliphatic carbocycles. The molecule has 0 aliphatic heterocycles. The summed E-state index contributed by atoms with van der Waals surface area (Å²) < 4.78 is 27.5. The van der Waals surface area contributed by atoms with Crippen LogP contribution in [0.5, 0.6) is 0 Å². The van der Waals surface area contributed by atoms with Gasteiger partial charge in [0.25, 0.3) is 10.0 Å². The third kappa shape index (κ3) is 3.51. The first-order chi connectivity index (χ1) is 14.3. The van der Waals surface area contributed by atoms with Crippen LogP contribution in [0, 0.1) is 11.8 Å². The second-order valence-corrected chi connectivity index (χ2v) is 10.2. The maximum absolute atomic E-state index is 13.1. The minimum atomic E-state index is -3.72. The van der Waals surface area contributed by atoms with Gasteiger partial charge in [-0.05, 0) is 56.2 Å². The molecule has 0 spiro atoms. The zero-order valence-electron chi connectivity index (χ0n) is 17.7. The van der Waals surface area contributed by atoms with E-state index in [1.165, 1.54) is 22.3 Å². The fourth-order valence-electron chi connectivity index (χ4n) is 4.54. The van der Waals surface area contributed by atoms with Crippen molar-refractivity contribution < 1.29 is 8.42 Å². The largest absolute Gasteiger partial charge is 0.356 e. The quantitative estimate of drug-likeness (QED) is 0.565. The van der Waals surface area contributed by atoms with Crippen LogP contribution in [0.2, 0.25) is 0 Å². The summed E-state index contributed by atoms with van der Waals surface area (Å²) in [6, 6.07) is 10.5. The van der Waals surface area contributed by atoms with E-state index in [2.05, 4.69) is 35.3 Å². The van der Waals surface area contributed by atoms with Crippen LogP contribution in [0.3, 0.4) is 0 Å². The molecule has 1 aromatic carbocycles. The third-order valence-electron chi connectivity index (χ3n) is 6.41. The molecule has 3 atom stereocenters. The van der Waals surface area contributed by atoms with Gasteiger partial charge in [0.15, 0.2) is 5.65 Å². The van der Waals surface area contributed by atoms with E-state index in [1.807, 2.05) is 7.05 Å². The van der Waals surface area contributed by atoms with Crippen LogP contribution in [0.4, 0.5) is 5.82 Å². The van der Waals surface area contributed by atoms with E-state index in [0.717, 1.165) is 24.0 Å². The number of allylic oxidation sites excluding steroid dienone is 1. The maximum Gasteiger partial charge on any atom is 0.269 e. The minimum Gasteiger partial charge on any atom is -0.356 e. The zero-order valence-corrected chi connectivity index (χ0v) is 18.5. The number of anilines is 1. The van der Waals surface area contributed by atoms with E-state index >= 15 is 0 Å². The summed E-state index contributed by atoms with van der Waals surface area (Å²) in [6.07, 6.45) is 6.37. The Morgan fingerprint density at radius 2 is 1.90 bits per heavy atom. The molecule has 3 aromatic rings. The lowest BCUT2D eigenvalue weighted by Crippen LogP contribution is -2.42. The Balaban J connectivity index is 1.74. The van der Waals surface area contributed by atoms with Crippen LogP contribution >= 0.6 is 0 Å². The molecule has 1 aliphatic rings. The summed E-state index contributed by atoms with van der Waals surface area (Å²) in [7, 11) is -1.68. The Morgan fingerprint density at radius 3 is 2.60 bits per heavy atom. The topological polar surface area (TPSA) is 68.1 Å². The third-order valence-corrected chi connectivity index (χ3v) is 8.09. The summed E-state index contributed by atoms with van der Waals surface area (Å²) in [5.41, 5.74) is 1.63. The van der Waals surface area contributed by atoms with Gasteiger partial charge in [-0.3, -0.25) is 0 Å². The number of fused-ring (bicyclic) bond motifs is 1. The molecular weight excluding hydrogens is 396 g/mol. The normalized spacial score (nSPS) is 22.2. The number of nitrogens with zero attached hydrogens (tertiary/aromatic N) is 4. The Bertz CT molecular complexity index is 1170. The zero-order chi connectivity index (χ0) is 21.5. The number of hydrogen-bond donors (Lipinski definition) is 0. The minimum absolute atomic E-state index is 0.237. The first kappa shape index (κ1) is 20.6. The van der Waals surface area contributed by atoms with Crippen molar-refractivity contribution in [2.45, 2.75) is 44.0 Å². The van der Waals surface area contributed by atoms with Crippen molar-refractivity contribution in [3.8, 4) is 0 Å². The van der Waals surface area contributed by atoms with Gasteiger partial charge in [0.1, 0.15) is 12.1 Å². The van der Waals surface area contributed by atoms with Gasteiger partial charge in [-0.2, -0.15) is 0 Å².